The van der Waals surface area contributed by atoms with Crippen molar-refractivity contribution in [3.05, 3.63) is 59.2 Å². The SMILES string of the molecule is CC(C)C(=O)N1CCc2cc(-c3csc(NC(=O)c4cccnc4)n3)ccc21. The third kappa shape index (κ3) is 3.53. The molecule has 142 valence electrons. The summed E-state index contributed by atoms with van der Waals surface area (Å²) in [5.74, 6) is -0.0958. The number of benzene rings is 1. The zero-order valence-corrected chi connectivity index (χ0v) is 16.5. The molecule has 0 bridgehead atoms. The van der Waals surface area contributed by atoms with E-state index in [1.165, 1.54) is 17.5 Å². The molecular weight excluding hydrogens is 372 g/mol. The predicted octanol–water partition coefficient (Wildman–Crippen LogP) is 4.00. The molecule has 0 radical (unpaired) electrons. The quantitative estimate of drug-likeness (QED) is 0.728. The molecule has 0 saturated heterocycles. The Morgan fingerprint density at radius 1 is 1.25 bits per heavy atom. The molecule has 2 amide bonds. The first-order valence-corrected chi connectivity index (χ1v) is 10.0. The molecule has 6 nitrogen and oxygen atoms in total. The zero-order valence-electron chi connectivity index (χ0n) is 15.7. The van der Waals surface area contributed by atoms with Crippen LogP contribution in [-0.4, -0.2) is 28.3 Å². The summed E-state index contributed by atoms with van der Waals surface area (Å²) >= 11 is 1.38. The molecule has 7 heteroatoms. The van der Waals surface area contributed by atoms with E-state index in [0.29, 0.717) is 10.7 Å². The van der Waals surface area contributed by atoms with Crippen molar-refractivity contribution < 1.29 is 9.59 Å². The van der Waals surface area contributed by atoms with Gasteiger partial charge in [0.1, 0.15) is 0 Å². The maximum Gasteiger partial charge on any atom is 0.259 e. The van der Waals surface area contributed by atoms with Crippen molar-refractivity contribution in [2.45, 2.75) is 20.3 Å². The predicted molar refractivity (Wildman–Crippen MR) is 111 cm³/mol. The van der Waals surface area contributed by atoms with Crippen molar-refractivity contribution in [3.63, 3.8) is 0 Å². The van der Waals surface area contributed by atoms with E-state index in [4.69, 9.17) is 0 Å². The number of hydrogen-bond donors (Lipinski definition) is 1. The molecular formula is C21H20N4O2S. The van der Waals surface area contributed by atoms with Gasteiger partial charge in [0.15, 0.2) is 5.13 Å². The number of aromatic nitrogens is 2. The minimum atomic E-state index is -0.231. The summed E-state index contributed by atoms with van der Waals surface area (Å²) in [6.07, 6.45) is 3.99. The molecule has 3 heterocycles. The zero-order chi connectivity index (χ0) is 19.7. The van der Waals surface area contributed by atoms with Gasteiger partial charge in [-0.2, -0.15) is 0 Å². The lowest BCUT2D eigenvalue weighted by molar-refractivity contribution is -0.121. The second kappa shape index (κ2) is 7.52. The Hall–Kier alpha value is -3.06. The third-order valence-corrected chi connectivity index (χ3v) is 5.44. The van der Waals surface area contributed by atoms with Crippen LogP contribution in [-0.2, 0) is 11.2 Å². The Kier molecular flexibility index (Phi) is 4.92. The number of anilines is 2. The maximum atomic E-state index is 12.4. The molecule has 0 saturated carbocycles. The summed E-state index contributed by atoms with van der Waals surface area (Å²) in [6, 6.07) is 9.49. The van der Waals surface area contributed by atoms with E-state index in [9.17, 15) is 9.59 Å². The van der Waals surface area contributed by atoms with Gasteiger partial charge in [-0.15, -0.1) is 11.3 Å². The number of fused-ring (bicyclic) bond motifs is 1. The molecule has 0 aliphatic carbocycles. The Labute approximate surface area is 167 Å². The number of nitrogens with zero attached hydrogens (tertiary/aromatic N) is 3. The normalized spacial score (nSPS) is 12.9. The minimum absolute atomic E-state index is 0.0184. The van der Waals surface area contributed by atoms with Gasteiger partial charge in [-0.05, 0) is 36.2 Å². The summed E-state index contributed by atoms with van der Waals surface area (Å²) in [4.78, 5) is 35.0. The van der Waals surface area contributed by atoms with Crippen LogP contribution in [0, 0.1) is 5.92 Å². The lowest BCUT2D eigenvalue weighted by Crippen LogP contribution is -2.32. The number of rotatable bonds is 4. The van der Waals surface area contributed by atoms with Crippen molar-refractivity contribution in [1.82, 2.24) is 9.97 Å². The maximum absolute atomic E-state index is 12.4. The molecule has 1 aliphatic rings. The number of amides is 2. The van der Waals surface area contributed by atoms with Crippen LogP contribution in [0.2, 0.25) is 0 Å². The van der Waals surface area contributed by atoms with Crippen LogP contribution in [0.25, 0.3) is 11.3 Å². The topological polar surface area (TPSA) is 75.2 Å². The van der Waals surface area contributed by atoms with E-state index in [1.54, 1.807) is 18.3 Å². The highest BCUT2D eigenvalue weighted by molar-refractivity contribution is 7.14. The largest absolute Gasteiger partial charge is 0.312 e. The standard InChI is InChI=1S/C21H20N4O2S/c1-13(2)20(27)25-9-7-15-10-14(5-6-18(15)25)17-12-28-21(23-17)24-19(26)16-4-3-8-22-11-16/h3-6,8,10-13H,7,9H2,1-2H3,(H,23,24,26). The summed E-state index contributed by atoms with van der Waals surface area (Å²) in [6.45, 7) is 4.57. The molecule has 3 aromatic rings. The van der Waals surface area contributed by atoms with E-state index in [2.05, 4.69) is 21.4 Å². The molecule has 0 atom stereocenters. The highest BCUT2D eigenvalue weighted by atomic mass is 32.1. The first-order valence-electron chi connectivity index (χ1n) is 9.14. The fourth-order valence-corrected chi connectivity index (χ4v) is 3.95. The highest BCUT2D eigenvalue weighted by Crippen LogP contribution is 2.34. The van der Waals surface area contributed by atoms with E-state index in [-0.39, 0.29) is 17.7 Å². The smallest absolute Gasteiger partial charge is 0.259 e. The van der Waals surface area contributed by atoms with Gasteiger partial charge in [0, 0.05) is 41.5 Å². The third-order valence-electron chi connectivity index (χ3n) is 4.68. The lowest BCUT2D eigenvalue weighted by Gasteiger charge is -2.19. The number of pyridine rings is 1. The van der Waals surface area contributed by atoms with E-state index in [0.717, 1.165) is 35.5 Å². The average Bonchev–Trinajstić information content (AvgIpc) is 3.34. The van der Waals surface area contributed by atoms with Gasteiger partial charge in [0.25, 0.3) is 5.91 Å². The Morgan fingerprint density at radius 3 is 2.86 bits per heavy atom. The van der Waals surface area contributed by atoms with Gasteiger partial charge >= 0.3 is 0 Å². The number of carbonyl (C=O) groups is 2. The van der Waals surface area contributed by atoms with Crippen molar-refractivity contribution in [2.24, 2.45) is 5.92 Å². The average molecular weight is 392 g/mol. The van der Waals surface area contributed by atoms with Gasteiger partial charge in [-0.3, -0.25) is 19.9 Å². The van der Waals surface area contributed by atoms with Crippen LogP contribution in [0.15, 0.2) is 48.1 Å². The second-order valence-corrected chi connectivity index (χ2v) is 7.83. The van der Waals surface area contributed by atoms with Crippen molar-refractivity contribution in [2.75, 3.05) is 16.8 Å². The molecule has 4 rings (SSSR count). The van der Waals surface area contributed by atoms with Gasteiger partial charge in [0.2, 0.25) is 5.91 Å². The Morgan fingerprint density at radius 2 is 2.11 bits per heavy atom. The fourth-order valence-electron chi connectivity index (χ4n) is 3.23. The number of carbonyl (C=O) groups excluding carboxylic acids is 2. The first-order chi connectivity index (χ1) is 13.5. The van der Waals surface area contributed by atoms with E-state index in [1.807, 2.05) is 36.3 Å². The summed E-state index contributed by atoms with van der Waals surface area (Å²) in [5, 5.41) is 5.28. The number of nitrogens with one attached hydrogen (secondary N) is 1. The van der Waals surface area contributed by atoms with Gasteiger partial charge in [-0.25, -0.2) is 4.98 Å². The first kappa shape index (κ1) is 18.3. The van der Waals surface area contributed by atoms with Crippen molar-refractivity contribution >= 4 is 34.0 Å². The van der Waals surface area contributed by atoms with Gasteiger partial charge in [-0.1, -0.05) is 19.9 Å². The molecule has 1 aromatic carbocycles. The van der Waals surface area contributed by atoms with Crippen LogP contribution < -0.4 is 10.2 Å². The molecule has 1 aliphatic heterocycles. The Bertz CT molecular complexity index is 1030. The molecule has 0 spiro atoms. The van der Waals surface area contributed by atoms with Crippen molar-refractivity contribution in [3.8, 4) is 11.3 Å². The molecule has 0 fully saturated rings. The number of thiazole rings is 1. The van der Waals surface area contributed by atoms with Crippen LogP contribution in [0.4, 0.5) is 10.8 Å². The number of hydrogen-bond acceptors (Lipinski definition) is 5. The van der Waals surface area contributed by atoms with Crippen LogP contribution in [0.3, 0.4) is 0 Å². The fraction of sp³-hybridized carbons (Fsp3) is 0.238. The van der Waals surface area contributed by atoms with Crippen molar-refractivity contribution in [1.29, 1.82) is 0 Å². The molecule has 1 N–H and O–H groups in total. The molecule has 28 heavy (non-hydrogen) atoms. The van der Waals surface area contributed by atoms with Crippen LogP contribution >= 0.6 is 11.3 Å². The van der Waals surface area contributed by atoms with E-state index >= 15 is 0 Å². The molecule has 0 unspecified atom stereocenters. The summed E-state index contributed by atoms with van der Waals surface area (Å²) in [7, 11) is 0. The molecule has 2 aromatic heterocycles. The van der Waals surface area contributed by atoms with E-state index < -0.39 is 0 Å². The minimum Gasteiger partial charge on any atom is -0.312 e. The second-order valence-electron chi connectivity index (χ2n) is 6.97. The highest BCUT2D eigenvalue weighted by Gasteiger charge is 2.26. The van der Waals surface area contributed by atoms with Crippen LogP contribution in [0.1, 0.15) is 29.8 Å². The van der Waals surface area contributed by atoms with Crippen LogP contribution in [0.5, 0.6) is 0 Å². The van der Waals surface area contributed by atoms with Gasteiger partial charge in [0.05, 0.1) is 11.3 Å². The lowest BCUT2D eigenvalue weighted by atomic mass is 10.1. The Balaban J connectivity index is 1.52. The monoisotopic (exact) mass is 392 g/mol. The summed E-state index contributed by atoms with van der Waals surface area (Å²) < 4.78 is 0. The summed E-state index contributed by atoms with van der Waals surface area (Å²) in [5.41, 5.74) is 4.42. The van der Waals surface area contributed by atoms with Gasteiger partial charge < -0.3 is 4.90 Å².